The molecule has 1 aromatic heterocycles. The van der Waals surface area contributed by atoms with Crippen LogP contribution in [0.1, 0.15) is 65.8 Å². The Labute approximate surface area is 233 Å². The third-order valence-electron chi connectivity index (χ3n) is 7.25. The molecule has 1 aliphatic rings. The number of hydrogen-bond acceptors (Lipinski definition) is 6. The van der Waals surface area contributed by atoms with E-state index >= 15 is 0 Å². The average Bonchev–Trinajstić information content (AvgIpc) is 3.42. The van der Waals surface area contributed by atoms with Gasteiger partial charge in [-0.15, -0.1) is 0 Å². The van der Waals surface area contributed by atoms with E-state index < -0.39 is 32.0 Å². The molecule has 2 aromatic rings. The molecular formula is C29H42N2O5SSi. The summed E-state index contributed by atoms with van der Waals surface area (Å²) < 4.78 is 19.7. The molecule has 1 aliphatic heterocycles. The first-order valence-corrected chi connectivity index (χ1v) is 16.5. The smallest absolute Gasteiger partial charge is 0.418 e. The molecule has 2 heterocycles. The van der Waals surface area contributed by atoms with Crippen molar-refractivity contribution in [2.75, 3.05) is 6.61 Å². The number of nitrogens with zero attached hydrogens (tertiary/aromatic N) is 2. The third kappa shape index (κ3) is 6.92. The first-order valence-electron chi connectivity index (χ1n) is 13.1. The van der Waals surface area contributed by atoms with Gasteiger partial charge in [-0.05, 0) is 75.2 Å². The summed E-state index contributed by atoms with van der Waals surface area (Å²) >= 11 is 5.48. The van der Waals surface area contributed by atoms with Crippen LogP contribution in [-0.4, -0.2) is 53.2 Å². The number of amides is 1. The largest absolute Gasteiger partial charge is 0.468 e. The van der Waals surface area contributed by atoms with E-state index in [4.69, 9.17) is 26.1 Å². The zero-order valence-electron chi connectivity index (χ0n) is 24.1. The van der Waals surface area contributed by atoms with Crippen LogP contribution in [0.15, 0.2) is 48.7 Å². The Kier molecular flexibility index (Phi) is 8.95. The first kappa shape index (κ1) is 30.1. The van der Waals surface area contributed by atoms with Crippen LogP contribution in [0.25, 0.3) is 0 Å². The van der Waals surface area contributed by atoms with E-state index in [1.807, 2.05) is 64.1 Å². The van der Waals surface area contributed by atoms with Crippen molar-refractivity contribution in [3.8, 4) is 0 Å². The number of aromatic nitrogens is 1. The topological polar surface area (TPSA) is 70.0 Å². The van der Waals surface area contributed by atoms with Gasteiger partial charge >= 0.3 is 6.09 Å². The molecule has 0 bridgehead atoms. The Hall–Kier alpha value is -2.49. The van der Waals surface area contributed by atoms with Crippen LogP contribution in [0.5, 0.6) is 0 Å². The molecule has 0 radical (unpaired) electrons. The number of rotatable bonds is 7. The van der Waals surface area contributed by atoms with Gasteiger partial charge in [-0.2, -0.15) is 0 Å². The van der Waals surface area contributed by atoms with Crippen molar-refractivity contribution < 1.29 is 23.5 Å². The summed E-state index contributed by atoms with van der Waals surface area (Å²) in [6, 6.07) is 13.4. The zero-order chi connectivity index (χ0) is 28.5. The van der Waals surface area contributed by atoms with Gasteiger partial charge in [0.15, 0.2) is 8.32 Å². The summed E-state index contributed by atoms with van der Waals surface area (Å²) in [5.74, 6) is -0.827. The molecule has 3 rings (SSSR count). The van der Waals surface area contributed by atoms with Gasteiger partial charge in [0.1, 0.15) is 12.2 Å². The van der Waals surface area contributed by atoms with Crippen LogP contribution in [0.2, 0.25) is 18.1 Å². The molecule has 3 atom stereocenters. The highest BCUT2D eigenvalue weighted by atomic mass is 32.1. The number of hydrogen-bond donors (Lipinski definition) is 0. The Bertz CT molecular complexity index is 1150. The summed E-state index contributed by atoms with van der Waals surface area (Å²) in [4.78, 5) is 28.8. The van der Waals surface area contributed by atoms with Gasteiger partial charge < -0.3 is 13.9 Å². The molecule has 0 spiro atoms. The highest BCUT2D eigenvalue weighted by Crippen LogP contribution is 2.42. The zero-order valence-corrected chi connectivity index (χ0v) is 25.9. The average molecular weight is 559 g/mol. The van der Waals surface area contributed by atoms with E-state index in [-0.39, 0.29) is 22.2 Å². The summed E-state index contributed by atoms with van der Waals surface area (Å²) in [6.07, 6.45) is 1.08. The molecule has 0 aliphatic carbocycles. The highest BCUT2D eigenvalue weighted by Gasteiger charge is 2.45. The third-order valence-corrected chi connectivity index (χ3v) is 12.0. The van der Waals surface area contributed by atoms with Gasteiger partial charge in [0.2, 0.25) is 5.91 Å². The van der Waals surface area contributed by atoms with Gasteiger partial charge in [0, 0.05) is 6.20 Å². The molecule has 208 valence electrons. The molecule has 0 unspecified atom stereocenters. The Morgan fingerprint density at radius 2 is 1.71 bits per heavy atom. The normalized spacial score (nSPS) is 18.2. The number of carbonyl (C=O) groups is 2. The summed E-state index contributed by atoms with van der Waals surface area (Å²) in [6.45, 7) is 18.4. The van der Waals surface area contributed by atoms with Crippen molar-refractivity contribution in [3.05, 3.63) is 59.9 Å². The lowest BCUT2D eigenvalue weighted by Gasteiger charge is -2.41. The maximum atomic E-state index is 14.1. The van der Waals surface area contributed by atoms with Crippen molar-refractivity contribution >= 4 is 37.7 Å². The summed E-state index contributed by atoms with van der Waals surface area (Å²) in [5.41, 5.74) is 1.01. The molecule has 1 aromatic carbocycles. The summed E-state index contributed by atoms with van der Waals surface area (Å²) in [5, 5.41) is 0.0654. The van der Waals surface area contributed by atoms with Gasteiger partial charge in [-0.25, -0.2) is 4.79 Å². The SMILES string of the molecule is C[C@H](C(=O)N1C(=S)OC[C@@H]1Cc1ccccc1)[C@H](O[Si](C)(C)C(C)(C)C)c1cccn1C(=O)OC(C)(C)C. The van der Waals surface area contributed by atoms with Gasteiger partial charge in [-0.3, -0.25) is 14.3 Å². The minimum Gasteiger partial charge on any atom is -0.468 e. The second-order valence-electron chi connectivity index (χ2n) is 12.5. The lowest BCUT2D eigenvalue weighted by atomic mass is 9.98. The van der Waals surface area contributed by atoms with E-state index in [9.17, 15) is 9.59 Å². The van der Waals surface area contributed by atoms with Crippen LogP contribution in [0, 0.1) is 5.92 Å². The van der Waals surface area contributed by atoms with Crippen LogP contribution in [0.3, 0.4) is 0 Å². The number of thiocarbonyl (C=S) groups is 1. The van der Waals surface area contributed by atoms with Gasteiger partial charge in [0.05, 0.1) is 23.8 Å². The Balaban J connectivity index is 1.98. The standard InChI is InChI=1S/C29H42N2O5SSi/c1-20(25(32)31-22(19-34-27(31)37)18-21-14-11-10-12-15-21)24(36-38(8,9)29(5,6)7)23-16-13-17-30(23)26(33)35-28(2,3)4/h10-17,20,22,24H,18-19H2,1-9H3/t20-,22-,24-/m0/s1. The monoisotopic (exact) mass is 558 g/mol. The second kappa shape index (κ2) is 11.3. The molecule has 0 N–H and O–H groups in total. The maximum Gasteiger partial charge on any atom is 0.418 e. The maximum absolute atomic E-state index is 14.1. The molecule has 9 heteroatoms. The number of ether oxygens (including phenoxy) is 2. The van der Waals surface area contributed by atoms with Crippen LogP contribution in [-0.2, 0) is 25.1 Å². The second-order valence-corrected chi connectivity index (χ2v) is 17.6. The molecule has 1 amide bonds. The Morgan fingerprint density at radius 3 is 2.29 bits per heavy atom. The lowest BCUT2D eigenvalue weighted by Crippen LogP contribution is -2.48. The van der Waals surface area contributed by atoms with Crippen molar-refractivity contribution in [2.24, 2.45) is 5.92 Å². The molecule has 38 heavy (non-hydrogen) atoms. The van der Waals surface area contributed by atoms with Gasteiger partial charge in [0.25, 0.3) is 5.17 Å². The van der Waals surface area contributed by atoms with Crippen LogP contribution >= 0.6 is 12.2 Å². The predicted octanol–water partition coefficient (Wildman–Crippen LogP) is 6.73. The molecule has 1 saturated heterocycles. The molecule has 7 nitrogen and oxygen atoms in total. The fraction of sp³-hybridized carbons (Fsp3) is 0.552. The first-order chi connectivity index (χ1) is 17.5. The predicted molar refractivity (Wildman–Crippen MR) is 156 cm³/mol. The summed E-state index contributed by atoms with van der Waals surface area (Å²) in [7, 11) is -2.37. The van der Waals surface area contributed by atoms with E-state index in [1.54, 1.807) is 17.2 Å². The van der Waals surface area contributed by atoms with Gasteiger partial charge in [-0.1, -0.05) is 58.0 Å². The van der Waals surface area contributed by atoms with Crippen LogP contribution in [0.4, 0.5) is 4.79 Å². The fourth-order valence-electron chi connectivity index (χ4n) is 4.13. The quantitative estimate of drug-likeness (QED) is 0.277. The van der Waals surface area contributed by atoms with E-state index in [2.05, 4.69) is 33.9 Å². The number of benzene rings is 1. The van der Waals surface area contributed by atoms with Crippen LogP contribution < -0.4 is 0 Å². The van der Waals surface area contributed by atoms with Crippen molar-refractivity contribution in [1.82, 2.24) is 9.47 Å². The molecule has 1 fully saturated rings. The van der Waals surface area contributed by atoms with Crippen molar-refractivity contribution in [1.29, 1.82) is 0 Å². The Morgan fingerprint density at radius 1 is 1.08 bits per heavy atom. The van der Waals surface area contributed by atoms with Crippen molar-refractivity contribution in [2.45, 2.75) is 90.8 Å². The lowest BCUT2D eigenvalue weighted by molar-refractivity contribution is -0.135. The van der Waals surface area contributed by atoms with E-state index in [1.165, 1.54) is 4.57 Å². The molecule has 0 saturated carbocycles. The van der Waals surface area contributed by atoms with E-state index in [0.29, 0.717) is 18.7 Å². The molecular weight excluding hydrogens is 516 g/mol. The highest BCUT2D eigenvalue weighted by molar-refractivity contribution is 7.80. The van der Waals surface area contributed by atoms with Crippen molar-refractivity contribution in [3.63, 3.8) is 0 Å². The van der Waals surface area contributed by atoms with E-state index in [0.717, 1.165) is 5.56 Å². The minimum atomic E-state index is -2.37. The minimum absolute atomic E-state index is 0.112. The number of carbonyl (C=O) groups excluding carboxylic acids is 2. The fourth-order valence-corrected chi connectivity index (χ4v) is 5.75.